The number of ether oxygens (including phenoxy) is 1. The van der Waals surface area contributed by atoms with Crippen LogP contribution in [-0.2, 0) is 6.54 Å². The molecule has 0 aliphatic rings. The number of aryl methyl sites for hydroxylation is 1. The second-order valence-electron chi connectivity index (χ2n) is 4.77. The third-order valence-corrected chi connectivity index (χ3v) is 3.35. The zero-order valence-corrected chi connectivity index (χ0v) is 12.2. The molecule has 0 bridgehead atoms. The molecule has 0 saturated carbocycles. The van der Waals surface area contributed by atoms with Crippen LogP contribution >= 0.6 is 0 Å². The Morgan fingerprint density at radius 1 is 1.14 bits per heavy atom. The molecule has 0 aliphatic carbocycles. The number of hydrogen-bond donors (Lipinski definition) is 0. The summed E-state index contributed by atoms with van der Waals surface area (Å²) in [6.45, 7) is 3.04. The van der Waals surface area contributed by atoms with Gasteiger partial charge in [-0.3, -0.25) is 4.57 Å². The molecule has 3 heterocycles. The summed E-state index contributed by atoms with van der Waals surface area (Å²) in [6.07, 6.45) is 7.19. The van der Waals surface area contributed by atoms with E-state index in [2.05, 4.69) is 31.4 Å². The lowest BCUT2D eigenvalue weighted by molar-refractivity contribution is 0.357. The van der Waals surface area contributed by atoms with E-state index in [1.54, 1.807) is 19.5 Å². The standard InChI is InChI=1S/C15H17N5O/c1-3-4-7-20-13-6-5-12(11-8-16-10-17-9-11)18-14(13)19-15(20)21-2/h5-6,8-10H,3-4,7H2,1-2H3. The fourth-order valence-corrected chi connectivity index (χ4v) is 2.27. The number of aromatic nitrogens is 5. The summed E-state index contributed by atoms with van der Waals surface area (Å²) in [5.74, 6) is 0. The highest BCUT2D eigenvalue weighted by atomic mass is 16.5. The molecule has 0 aliphatic heterocycles. The predicted molar refractivity (Wildman–Crippen MR) is 80.0 cm³/mol. The second kappa shape index (κ2) is 5.87. The van der Waals surface area contributed by atoms with E-state index >= 15 is 0 Å². The first-order valence-corrected chi connectivity index (χ1v) is 7.00. The summed E-state index contributed by atoms with van der Waals surface area (Å²) < 4.78 is 7.43. The van der Waals surface area contributed by atoms with Crippen LogP contribution in [0.4, 0.5) is 0 Å². The summed E-state index contributed by atoms with van der Waals surface area (Å²) in [5.41, 5.74) is 3.36. The molecule has 0 N–H and O–H groups in total. The monoisotopic (exact) mass is 283 g/mol. The van der Waals surface area contributed by atoms with Gasteiger partial charge in [0.2, 0.25) is 0 Å². The summed E-state index contributed by atoms with van der Waals surface area (Å²) >= 11 is 0. The van der Waals surface area contributed by atoms with Gasteiger partial charge in [0.1, 0.15) is 6.33 Å². The Bertz CT molecular complexity index is 738. The van der Waals surface area contributed by atoms with E-state index in [1.165, 1.54) is 6.33 Å². The minimum Gasteiger partial charge on any atom is -0.468 e. The lowest BCUT2D eigenvalue weighted by Crippen LogP contribution is -2.01. The Morgan fingerprint density at radius 2 is 1.95 bits per heavy atom. The number of rotatable bonds is 5. The molecule has 0 radical (unpaired) electrons. The van der Waals surface area contributed by atoms with Gasteiger partial charge in [0.25, 0.3) is 6.01 Å². The fraction of sp³-hybridized carbons (Fsp3) is 0.333. The fourth-order valence-electron chi connectivity index (χ4n) is 2.27. The van der Waals surface area contributed by atoms with Gasteiger partial charge >= 0.3 is 0 Å². The van der Waals surface area contributed by atoms with Crippen LogP contribution in [0.2, 0.25) is 0 Å². The van der Waals surface area contributed by atoms with Crippen LogP contribution in [-0.4, -0.2) is 31.6 Å². The lowest BCUT2D eigenvalue weighted by atomic mass is 10.2. The minimum absolute atomic E-state index is 0.604. The molecule has 3 aromatic heterocycles. The first-order valence-electron chi connectivity index (χ1n) is 7.00. The van der Waals surface area contributed by atoms with Gasteiger partial charge in [-0.2, -0.15) is 4.98 Å². The molecule has 0 fully saturated rings. The van der Waals surface area contributed by atoms with E-state index in [9.17, 15) is 0 Å². The molecule has 108 valence electrons. The average Bonchev–Trinajstić information content (AvgIpc) is 2.90. The molecule has 0 amide bonds. The van der Waals surface area contributed by atoms with Crippen molar-refractivity contribution in [3.05, 3.63) is 30.9 Å². The van der Waals surface area contributed by atoms with Crippen molar-refractivity contribution in [2.75, 3.05) is 7.11 Å². The van der Waals surface area contributed by atoms with Gasteiger partial charge in [0, 0.05) is 24.5 Å². The molecule has 6 heteroatoms. The van der Waals surface area contributed by atoms with E-state index in [1.807, 2.05) is 12.1 Å². The molecule has 0 atom stereocenters. The molecular formula is C15H17N5O. The lowest BCUT2D eigenvalue weighted by Gasteiger charge is -2.06. The number of unbranched alkanes of at least 4 members (excludes halogenated alkanes) is 1. The Labute approximate surface area is 122 Å². The van der Waals surface area contributed by atoms with Crippen molar-refractivity contribution >= 4 is 11.2 Å². The molecule has 21 heavy (non-hydrogen) atoms. The largest absolute Gasteiger partial charge is 0.468 e. The first-order chi connectivity index (χ1) is 10.3. The van der Waals surface area contributed by atoms with Crippen LogP contribution in [0.15, 0.2) is 30.9 Å². The topological polar surface area (TPSA) is 65.7 Å². The van der Waals surface area contributed by atoms with Gasteiger partial charge in [-0.1, -0.05) is 13.3 Å². The molecule has 6 nitrogen and oxygen atoms in total. The maximum Gasteiger partial charge on any atom is 0.298 e. The average molecular weight is 283 g/mol. The van der Waals surface area contributed by atoms with Gasteiger partial charge in [-0.15, -0.1) is 0 Å². The highest BCUT2D eigenvalue weighted by molar-refractivity contribution is 5.76. The molecule has 3 rings (SSSR count). The third kappa shape index (κ3) is 2.56. The van der Waals surface area contributed by atoms with Gasteiger partial charge in [-0.25, -0.2) is 15.0 Å². The first kappa shape index (κ1) is 13.5. The van der Waals surface area contributed by atoms with E-state index in [4.69, 9.17) is 4.74 Å². The molecule has 0 spiro atoms. The number of hydrogen-bond acceptors (Lipinski definition) is 5. The summed E-state index contributed by atoms with van der Waals surface area (Å²) in [6, 6.07) is 4.59. The predicted octanol–water partition coefficient (Wildman–Crippen LogP) is 2.70. The van der Waals surface area contributed by atoms with Crippen LogP contribution in [0.5, 0.6) is 6.01 Å². The van der Waals surface area contributed by atoms with Crippen molar-refractivity contribution in [1.29, 1.82) is 0 Å². The van der Waals surface area contributed by atoms with Gasteiger partial charge in [0.05, 0.1) is 18.3 Å². The van der Waals surface area contributed by atoms with Crippen molar-refractivity contribution in [3.8, 4) is 17.3 Å². The van der Waals surface area contributed by atoms with Crippen LogP contribution in [0.25, 0.3) is 22.4 Å². The Balaban J connectivity index is 2.07. The Hall–Kier alpha value is -2.50. The Kier molecular flexibility index (Phi) is 3.77. The molecule has 0 aromatic carbocycles. The highest BCUT2D eigenvalue weighted by Crippen LogP contribution is 2.24. The van der Waals surface area contributed by atoms with Gasteiger partial charge in [-0.05, 0) is 18.6 Å². The normalized spacial score (nSPS) is 11.0. The number of nitrogens with zero attached hydrogens (tertiary/aromatic N) is 5. The molecule has 0 saturated heterocycles. The van der Waals surface area contributed by atoms with E-state index in [0.717, 1.165) is 36.2 Å². The van der Waals surface area contributed by atoms with Gasteiger partial charge in [0.15, 0.2) is 5.65 Å². The third-order valence-electron chi connectivity index (χ3n) is 3.35. The number of fused-ring (bicyclic) bond motifs is 1. The smallest absolute Gasteiger partial charge is 0.298 e. The molecule has 0 unspecified atom stereocenters. The number of imidazole rings is 1. The van der Waals surface area contributed by atoms with Crippen molar-refractivity contribution in [3.63, 3.8) is 0 Å². The minimum atomic E-state index is 0.604. The van der Waals surface area contributed by atoms with Crippen LogP contribution < -0.4 is 4.74 Å². The van der Waals surface area contributed by atoms with Gasteiger partial charge < -0.3 is 4.74 Å². The van der Waals surface area contributed by atoms with E-state index in [-0.39, 0.29) is 0 Å². The van der Waals surface area contributed by atoms with Crippen molar-refractivity contribution < 1.29 is 4.74 Å². The summed E-state index contributed by atoms with van der Waals surface area (Å²) in [7, 11) is 1.63. The highest BCUT2D eigenvalue weighted by Gasteiger charge is 2.13. The van der Waals surface area contributed by atoms with E-state index < -0.39 is 0 Å². The quantitative estimate of drug-likeness (QED) is 0.720. The second-order valence-corrected chi connectivity index (χ2v) is 4.77. The Morgan fingerprint density at radius 3 is 2.67 bits per heavy atom. The molecular weight excluding hydrogens is 266 g/mol. The number of methoxy groups -OCH3 is 1. The maximum absolute atomic E-state index is 5.36. The van der Waals surface area contributed by atoms with Crippen LogP contribution in [0.3, 0.4) is 0 Å². The van der Waals surface area contributed by atoms with Crippen molar-refractivity contribution in [1.82, 2.24) is 24.5 Å². The zero-order valence-electron chi connectivity index (χ0n) is 12.2. The van der Waals surface area contributed by atoms with Crippen LogP contribution in [0, 0.1) is 0 Å². The summed E-state index contributed by atoms with van der Waals surface area (Å²) in [5, 5.41) is 0. The van der Waals surface area contributed by atoms with Crippen molar-refractivity contribution in [2.45, 2.75) is 26.3 Å². The summed E-state index contributed by atoms with van der Waals surface area (Å²) in [4.78, 5) is 17.1. The van der Waals surface area contributed by atoms with E-state index in [0.29, 0.717) is 11.7 Å². The van der Waals surface area contributed by atoms with Crippen molar-refractivity contribution in [2.24, 2.45) is 0 Å². The maximum atomic E-state index is 5.36. The van der Waals surface area contributed by atoms with Crippen LogP contribution in [0.1, 0.15) is 19.8 Å². The number of pyridine rings is 1. The zero-order chi connectivity index (χ0) is 14.7. The SMILES string of the molecule is CCCCn1c(OC)nc2nc(-c3cncnc3)ccc21. The molecule has 3 aromatic rings.